The molecule has 5 heteroatoms. The van der Waals surface area contributed by atoms with Crippen molar-refractivity contribution in [1.82, 2.24) is 4.98 Å². The van der Waals surface area contributed by atoms with Crippen LogP contribution in [-0.4, -0.2) is 17.4 Å². The highest BCUT2D eigenvalue weighted by Crippen LogP contribution is 2.28. The SMILES string of the molecule is NC(=O)c1ccc(N)c(NCCCC2CCCC2)n1. The number of rotatable bonds is 6. The number of carbonyl (C=O) groups excluding carboxylic acids is 1. The Morgan fingerprint density at radius 1 is 1.37 bits per heavy atom. The number of nitrogens with zero attached hydrogens (tertiary/aromatic N) is 1. The second-order valence-electron chi connectivity index (χ2n) is 5.22. The molecule has 0 bridgehead atoms. The zero-order chi connectivity index (χ0) is 13.7. The van der Waals surface area contributed by atoms with E-state index in [0.717, 1.165) is 18.9 Å². The van der Waals surface area contributed by atoms with Crippen LogP contribution in [0.3, 0.4) is 0 Å². The van der Waals surface area contributed by atoms with Gasteiger partial charge in [-0.25, -0.2) is 4.98 Å². The van der Waals surface area contributed by atoms with Crippen molar-refractivity contribution in [3.63, 3.8) is 0 Å². The van der Waals surface area contributed by atoms with E-state index in [1.165, 1.54) is 32.1 Å². The molecule has 5 nitrogen and oxygen atoms in total. The lowest BCUT2D eigenvalue weighted by Crippen LogP contribution is -2.15. The van der Waals surface area contributed by atoms with Gasteiger partial charge in [0.2, 0.25) is 0 Å². The number of hydrogen-bond acceptors (Lipinski definition) is 4. The van der Waals surface area contributed by atoms with Crippen molar-refractivity contribution in [3.05, 3.63) is 17.8 Å². The van der Waals surface area contributed by atoms with Crippen LogP contribution in [0.4, 0.5) is 11.5 Å². The topological polar surface area (TPSA) is 94.0 Å². The molecule has 0 spiro atoms. The first-order valence-corrected chi connectivity index (χ1v) is 6.97. The fraction of sp³-hybridized carbons (Fsp3) is 0.571. The van der Waals surface area contributed by atoms with E-state index >= 15 is 0 Å². The lowest BCUT2D eigenvalue weighted by Gasteiger charge is -2.11. The molecular weight excluding hydrogens is 240 g/mol. The van der Waals surface area contributed by atoms with Gasteiger partial charge >= 0.3 is 0 Å². The minimum absolute atomic E-state index is 0.243. The van der Waals surface area contributed by atoms with Gasteiger partial charge < -0.3 is 16.8 Å². The number of pyridine rings is 1. The van der Waals surface area contributed by atoms with Gasteiger partial charge in [-0.2, -0.15) is 0 Å². The van der Waals surface area contributed by atoms with Gasteiger partial charge in [0.05, 0.1) is 5.69 Å². The molecular formula is C14H22N4O. The van der Waals surface area contributed by atoms with Crippen molar-refractivity contribution in [2.45, 2.75) is 38.5 Å². The van der Waals surface area contributed by atoms with E-state index in [1.54, 1.807) is 12.1 Å². The number of nitrogen functional groups attached to an aromatic ring is 1. The normalized spacial score (nSPS) is 15.6. The molecule has 1 fully saturated rings. The molecule has 1 heterocycles. The summed E-state index contributed by atoms with van der Waals surface area (Å²) in [4.78, 5) is 15.2. The summed E-state index contributed by atoms with van der Waals surface area (Å²) in [7, 11) is 0. The molecule has 1 aliphatic rings. The number of hydrogen-bond donors (Lipinski definition) is 3. The summed E-state index contributed by atoms with van der Waals surface area (Å²) in [5.74, 6) is 0.917. The van der Waals surface area contributed by atoms with Crippen LogP contribution in [0.2, 0.25) is 0 Å². The smallest absolute Gasteiger partial charge is 0.267 e. The van der Waals surface area contributed by atoms with Gasteiger partial charge in [-0.15, -0.1) is 0 Å². The summed E-state index contributed by atoms with van der Waals surface area (Å²) in [6.45, 7) is 0.829. The highest BCUT2D eigenvalue weighted by molar-refractivity contribution is 5.91. The number of aromatic nitrogens is 1. The third kappa shape index (κ3) is 3.84. The van der Waals surface area contributed by atoms with E-state index in [-0.39, 0.29) is 5.69 Å². The predicted molar refractivity (Wildman–Crippen MR) is 76.8 cm³/mol. The Balaban J connectivity index is 1.81. The molecule has 2 rings (SSSR count). The Labute approximate surface area is 113 Å². The van der Waals surface area contributed by atoms with Gasteiger partial charge in [-0.05, 0) is 30.9 Å². The highest BCUT2D eigenvalue weighted by atomic mass is 16.1. The van der Waals surface area contributed by atoms with Crippen LogP contribution in [0.1, 0.15) is 49.0 Å². The van der Waals surface area contributed by atoms with Crippen LogP contribution in [0.5, 0.6) is 0 Å². The van der Waals surface area contributed by atoms with E-state index in [4.69, 9.17) is 11.5 Å². The molecule has 104 valence electrons. The molecule has 1 aromatic heterocycles. The summed E-state index contributed by atoms with van der Waals surface area (Å²) < 4.78 is 0. The number of nitrogens with one attached hydrogen (secondary N) is 1. The molecule has 0 saturated heterocycles. The van der Waals surface area contributed by atoms with Crippen LogP contribution in [0, 0.1) is 5.92 Å². The maximum Gasteiger partial charge on any atom is 0.267 e. The number of carbonyl (C=O) groups is 1. The van der Waals surface area contributed by atoms with Gasteiger partial charge in [0, 0.05) is 6.54 Å². The molecule has 0 unspecified atom stereocenters. The Morgan fingerprint density at radius 2 is 2.11 bits per heavy atom. The van der Waals surface area contributed by atoms with Crippen LogP contribution < -0.4 is 16.8 Å². The van der Waals surface area contributed by atoms with E-state index in [2.05, 4.69) is 10.3 Å². The molecule has 1 saturated carbocycles. The summed E-state index contributed by atoms with van der Waals surface area (Å²) in [5.41, 5.74) is 11.8. The van der Waals surface area contributed by atoms with Crippen molar-refractivity contribution in [3.8, 4) is 0 Å². The van der Waals surface area contributed by atoms with Crippen molar-refractivity contribution in [2.75, 3.05) is 17.6 Å². The van der Waals surface area contributed by atoms with Crippen LogP contribution >= 0.6 is 0 Å². The number of anilines is 2. The quantitative estimate of drug-likeness (QED) is 0.685. The fourth-order valence-electron chi connectivity index (χ4n) is 2.65. The third-order valence-electron chi connectivity index (χ3n) is 3.74. The van der Waals surface area contributed by atoms with Crippen LogP contribution in [-0.2, 0) is 0 Å². The Morgan fingerprint density at radius 3 is 2.79 bits per heavy atom. The molecule has 1 amide bonds. The van der Waals surface area contributed by atoms with Gasteiger partial charge in [0.1, 0.15) is 11.5 Å². The van der Waals surface area contributed by atoms with E-state index < -0.39 is 5.91 Å². The van der Waals surface area contributed by atoms with Crippen molar-refractivity contribution in [1.29, 1.82) is 0 Å². The lowest BCUT2D eigenvalue weighted by atomic mass is 10.0. The summed E-state index contributed by atoms with van der Waals surface area (Å²) in [6.07, 6.45) is 7.87. The zero-order valence-electron chi connectivity index (χ0n) is 11.2. The second-order valence-corrected chi connectivity index (χ2v) is 5.22. The molecule has 5 N–H and O–H groups in total. The van der Waals surface area contributed by atoms with Crippen molar-refractivity contribution >= 4 is 17.4 Å². The van der Waals surface area contributed by atoms with Crippen LogP contribution in [0.15, 0.2) is 12.1 Å². The first-order valence-electron chi connectivity index (χ1n) is 6.97. The molecule has 1 aromatic rings. The minimum Gasteiger partial charge on any atom is -0.396 e. The molecule has 0 atom stereocenters. The van der Waals surface area contributed by atoms with Gasteiger partial charge in [-0.3, -0.25) is 4.79 Å². The summed E-state index contributed by atoms with van der Waals surface area (Å²) >= 11 is 0. The van der Waals surface area contributed by atoms with Crippen molar-refractivity contribution < 1.29 is 4.79 Å². The number of amides is 1. The second kappa shape index (κ2) is 6.41. The van der Waals surface area contributed by atoms with Gasteiger partial charge in [0.25, 0.3) is 5.91 Å². The van der Waals surface area contributed by atoms with E-state index in [9.17, 15) is 4.79 Å². The Hall–Kier alpha value is -1.78. The monoisotopic (exact) mass is 262 g/mol. The molecule has 0 radical (unpaired) electrons. The fourth-order valence-corrected chi connectivity index (χ4v) is 2.65. The van der Waals surface area contributed by atoms with Gasteiger partial charge in [0.15, 0.2) is 0 Å². The van der Waals surface area contributed by atoms with Crippen molar-refractivity contribution in [2.24, 2.45) is 11.7 Å². The summed E-state index contributed by atoms with van der Waals surface area (Å²) in [5, 5.41) is 3.19. The molecule has 19 heavy (non-hydrogen) atoms. The maximum absolute atomic E-state index is 11.1. The first kappa shape index (κ1) is 13.6. The largest absolute Gasteiger partial charge is 0.396 e. The zero-order valence-corrected chi connectivity index (χ0v) is 11.2. The maximum atomic E-state index is 11.1. The lowest BCUT2D eigenvalue weighted by molar-refractivity contribution is 0.0996. The average molecular weight is 262 g/mol. The van der Waals surface area contributed by atoms with Gasteiger partial charge in [-0.1, -0.05) is 25.7 Å². The van der Waals surface area contributed by atoms with Crippen LogP contribution in [0.25, 0.3) is 0 Å². The third-order valence-corrected chi connectivity index (χ3v) is 3.74. The van der Waals surface area contributed by atoms with E-state index in [0.29, 0.717) is 11.5 Å². The predicted octanol–water partition coefficient (Wildman–Crippen LogP) is 2.14. The Kier molecular flexibility index (Phi) is 4.60. The number of nitrogens with two attached hydrogens (primary N) is 2. The number of primary amides is 1. The average Bonchev–Trinajstić information content (AvgIpc) is 2.89. The standard InChI is InChI=1S/C14H22N4O/c15-11-7-8-12(13(16)19)18-14(11)17-9-3-6-10-4-1-2-5-10/h7-8,10H,1-6,9,15H2,(H2,16,19)(H,17,18). The highest BCUT2D eigenvalue weighted by Gasteiger charge is 2.14. The molecule has 0 aliphatic heterocycles. The van der Waals surface area contributed by atoms with E-state index in [1.807, 2.05) is 0 Å². The molecule has 1 aliphatic carbocycles. The Bertz CT molecular complexity index is 441. The minimum atomic E-state index is -0.533. The molecule has 0 aromatic carbocycles. The first-order chi connectivity index (χ1) is 9.16. The summed E-state index contributed by atoms with van der Waals surface area (Å²) in [6, 6.07) is 3.20.